The second-order valence-electron chi connectivity index (χ2n) is 9.74. The number of unbranched alkanes of at least 4 members (excludes halogenated alkanes) is 5. The fourth-order valence-corrected chi connectivity index (χ4v) is 4.89. The Morgan fingerprint density at radius 1 is 0.719 bits per heavy atom. The normalized spacial score (nSPS) is 18.6. The second-order valence-corrected chi connectivity index (χ2v) is 9.74. The third-order valence-corrected chi connectivity index (χ3v) is 7.12. The second kappa shape index (κ2) is 14.3. The molecule has 0 radical (unpaired) electrons. The molecule has 3 heteroatoms. The van der Waals surface area contributed by atoms with Crippen LogP contribution in [0.3, 0.4) is 0 Å². The molecule has 2 aromatic rings. The minimum absolute atomic E-state index is 0.786. The zero-order chi connectivity index (χ0) is 22.4. The van der Waals surface area contributed by atoms with Gasteiger partial charge in [0.15, 0.2) is 0 Å². The van der Waals surface area contributed by atoms with Crippen LogP contribution in [0.2, 0.25) is 0 Å². The summed E-state index contributed by atoms with van der Waals surface area (Å²) in [4.78, 5) is 9.32. The summed E-state index contributed by atoms with van der Waals surface area (Å²) in [7, 11) is 0. The molecule has 0 unspecified atom stereocenters. The number of ether oxygens (including phenoxy) is 1. The van der Waals surface area contributed by atoms with Gasteiger partial charge in [-0.25, -0.2) is 9.97 Å². The van der Waals surface area contributed by atoms with Gasteiger partial charge in [-0.2, -0.15) is 0 Å². The average Bonchev–Trinajstić information content (AvgIpc) is 2.84. The number of hydrogen-bond donors (Lipinski definition) is 0. The first kappa shape index (κ1) is 24.7. The fraction of sp³-hybridized carbons (Fsp3) is 0.655. The van der Waals surface area contributed by atoms with Gasteiger partial charge in [-0.05, 0) is 42.4 Å². The van der Waals surface area contributed by atoms with Crippen molar-refractivity contribution in [2.24, 2.45) is 11.8 Å². The molecule has 0 aliphatic heterocycles. The lowest BCUT2D eigenvalue weighted by Crippen LogP contribution is -2.15. The standard InChI is InChI=1S/C29H44N2O/c1-3-5-7-8-9-10-24-11-13-25(14-12-24)15-20-29-30-22-27(23-31-29)26-16-18-28(19-17-26)32-21-6-4-2/h16-19,22-25H,3-15,20-21H2,1-2H3. The van der Waals surface area contributed by atoms with Gasteiger partial charge < -0.3 is 4.74 Å². The molecule has 0 saturated heterocycles. The summed E-state index contributed by atoms with van der Waals surface area (Å²) in [6, 6.07) is 8.28. The lowest BCUT2D eigenvalue weighted by molar-refractivity contribution is 0.248. The van der Waals surface area contributed by atoms with E-state index in [4.69, 9.17) is 4.74 Å². The first-order chi connectivity index (χ1) is 15.8. The Morgan fingerprint density at radius 2 is 1.34 bits per heavy atom. The first-order valence-corrected chi connectivity index (χ1v) is 13.3. The lowest BCUT2D eigenvalue weighted by Gasteiger charge is -2.28. The molecule has 0 spiro atoms. The molecule has 3 rings (SSSR count). The molecule has 32 heavy (non-hydrogen) atoms. The molecule has 1 aromatic heterocycles. The summed E-state index contributed by atoms with van der Waals surface area (Å²) in [5.41, 5.74) is 2.22. The summed E-state index contributed by atoms with van der Waals surface area (Å²) in [6.45, 7) is 5.26. The van der Waals surface area contributed by atoms with Gasteiger partial charge in [0.2, 0.25) is 0 Å². The molecule has 3 nitrogen and oxygen atoms in total. The van der Waals surface area contributed by atoms with E-state index in [0.29, 0.717) is 0 Å². The van der Waals surface area contributed by atoms with Crippen LogP contribution >= 0.6 is 0 Å². The van der Waals surface area contributed by atoms with Crippen LogP contribution in [-0.2, 0) is 6.42 Å². The predicted molar refractivity (Wildman–Crippen MR) is 135 cm³/mol. The van der Waals surface area contributed by atoms with Crippen LogP contribution in [0.1, 0.15) is 103 Å². The summed E-state index contributed by atoms with van der Waals surface area (Å²) < 4.78 is 5.75. The van der Waals surface area contributed by atoms with Crippen molar-refractivity contribution in [2.75, 3.05) is 6.61 Å². The quantitative estimate of drug-likeness (QED) is 0.279. The number of nitrogens with zero attached hydrogens (tertiary/aromatic N) is 2. The Kier molecular flexibility index (Phi) is 11.0. The van der Waals surface area contributed by atoms with Gasteiger partial charge in [0.05, 0.1) is 6.61 Å². The minimum atomic E-state index is 0.786. The van der Waals surface area contributed by atoms with Crippen molar-refractivity contribution >= 4 is 0 Å². The van der Waals surface area contributed by atoms with Gasteiger partial charge in [-0.1, -0.05) is 96.6 Å². The topological polar surface area (TPSA) is 35.0 Å². The van der Waals surface area contributed by atoms with Crippen LogP contribution in [0.4, 0.5) is 0 Å². The van der Waals surface area contributed by atoms with E-state index in [-0.39, 0.29) is 0 Å². The zero-order valence-corrected chi connectivity index (χ0v) is 20.5. The molecular weight excluding hydrogens is 392 g/mol. The predicted octanol–water partition coefficient (Wildman–Crippen LogP) is 8.42. The third kappa shape index (κ3) is 8.56. The zero-order valence-electron chi connectivity index (χ0n) is 20.5. The molecule has 1 aromatic carbocycles. The molecular formula is C29H44N2O. The van der Waals surface area contributed by atoms with Crippen molar-refractivity contribution in [1.82, 2.24) is 9.97 Å². The van der Waals surface area contributed by atoms with E-state index < -0.39 is 0 Å². The molecule has 1 saturated carbocycles. The number of benzene rings is 1. The highest BCUT2D eigenvalue weighted by atomic mass is 16.5. The molecule has 1 heterocycles. The van der Waals surface area contributed by atoms with Crippen LogP contribution in [-0.4, -0.2) is 16.6 Å². The van der Waals surface area contributed by atoms with Crippen molar-refractivity contribution in [3.05, 3.63) is 42.5 Å². The van der Waals surface area contributed by atoms with Gasteiger partial charge in [-0.15, -0.1) is 0 Å². The SMILES string of the molecule is CCCCCCCC1CCC(CCc2ncc(-c3ccc(OCCCC)cc3)cn2)CC1. The van der Waals surface area contributed by atoms with Crippen LogP contribution < -0.4 is 4.74 Å². The number of aryl methyl sites for hydroxylation is 1. The maximum Gasteiger partial charge on any atom is 0.128 e. The van der Waals surface area contributed by atoms with E-state index in [0.717, 1.165) is 60.4 Å². The van der Waals surface area contributed by atoms with Crippen molar-refractivity contribution in [1.29, 1.82) is 0 Å². The molecule has 0 amide bonds. The third-order valence-electron chi connectivity index (χ3n) is 7.12. The number of rotatable bonds is 14. The van der Waals surface area contributed by atoms with E-state index in [1.54, 1.807) is 0 Å². The minimum Gasteiger partial charge on any atom is -0.494 e. The van der Waals surface area contributed by atoms with E-state index in [1.165, 1.54) is 70.6 Å². The highest BCUT2D eigenvalue weighted by Gasteiger charge is 2.21. The van der Waals surface area contributed by atoms with Crippen molar-refractivity contribution in [3.63, 3.8) is 0 Å². The molecule has 0 atom stereocenters. The van der Waals surface area contributed by atoms with Gasteiger partial charge in [-0.3, -0.25) is 0 Å². The summed E-state index contributed by atoms with van der Waals surface area (Å²) in [5.74, 6) is 3.79. The number of hydrogen-bond acceptors (Lipinski definition) is 3. The highest BCUT2D eigenvalue weighted by molar-refractivity contribution is 5.62. The van der Waals surface area contributed by atoms with Gasteiger partial charge in [0, 0.05) is 24.4 Å². The van der Waals surface area contributed by atoms with Gasteiger partial charge >= 0.3 is 0 Å². The molecule has 0 N–H and O–H groups in total. The molecule has 1 fully saturated rings. The molecule has 1 aliphatic carbocycles. The van der Waals surface area contributed by atoms with E-state index >= 15 is 0 Å². The van der Waals surface area contributed by atoms with E-state index in [2.05, 4.69) is 35.9 Å². The van der Waals surface area contributed by atoms with Crippen molar-refractivity contribution in [3.8, 4) is 16.9 Å². The average molecular weight is 437 g/mol. The Labute approximate surface area is 196 Å². The Bertz CT molecular complexity index is 733. The van der Waals surface area contributed by atoms with E-state index in [1.807, 2.05) is 24.5 Å². The first-order valence-electron chi connectivity index (χ1n) is 13.3. The fourth-order valence-electron chi connectivity index (χ4n) is 4.89. The summed E-state index contributed by atoms with van der Waals surface area (Å²) >= 11 is 0. The monoisotopic (exact) mass is 436 g/mol. The Hall–Kier alpha value is -1.90. The van der Waals surface area contributed by atoms with Crippen LogP contribution in [0.5, 0.6) is 5.75 Å². The number of aromatic nitrogens is 2. The lowest BCUT2D eigenvalue weighted by atomic mass is 9.78. The van der Waals surface area contributed by atoms with Gasteiger partial charge in [0.25, 0.3) is 0 Å². The Balaban J connectivity index is 1.35. The summed E-state index contributed by atoms with van der Waals surface area (Å²) in [5, 5.41) is 0. The smallest absolute Gasteiger partial charge is 0.128 e. The molecule has 176 valence electrons. The maximum atomic E-state index is 5.75. The van der Waals surface area contributed by atoms with Crippen LogP contribution in [0.25, 0.3) is 11.1 Å². The molecule has 1 aliphatic rings. The van der Waals surface area contributed by atoms with Gasteiger partial charge in [0.1, 0.15) is 11.6 Å². The highest BCUT2D eigenvalue weighted by Crippen LogP contribution is 2.34. The summed E-state index contributed by atoms with van der Waals surface area (Å²) in [6.07, 6.45) is 22.7. The van der Waals surface area contributed by atoms with Crippen LogP contribution in [0, 0.1) is 11.8 Å². The largest absolute Gasteiger partial charge is 0.494 e. The maximum absolute atomic E-state index is 5.75. The Morgan fingerprint density at radius 3 is 2.00 bits per heavy atom. The molecule has 0 bridgehead atoms. The van der Waals surface area contributed by atoms with Crippen molar-refractivity contribution in [2.45, 2.75) is 104 Å². The van der Waals surface area contributed by atoms with Crippen LogP contribution in [0.15, 0.2) is 36.7 Å². The van der Waals surface area contributed by atoms with E-state index in [9.17, 15) is 0 Å². The van der Waals surface area contributed by atoms with Crippen molar-refractivity contribution < 1.29 is 4.74 Å².